The zero-order chi connectivity index (χ0) is 15.7. The Bertz CT molecular complexity index is 448. The first-order valence-corrected chi connectivity index (χ1v) is 7.27. The van der Waals surface area contributed by atoms with Crippen molar-refractivity contribution in [3.63, 3.8) is 0 Å². The molecule has 0 saturated heterocycles. The Kier molecular flexibility index (Phi) is 7.61. The molecule has 1 N–H and O–H groups in total. The van der Waals surface area contributed by atoms with Crippen LogP contribution in [0.3, 0.4) is 0 Å². The summed E-state index contributed by atoms with van der Waals surface area (Å²) in [6.07, 6.45) is 1.26. The van der Waals surface area contributed by atoms with Crippen LogP contribution in [-0.2, 0) is 9.53 Å². The van der Waals surface area contributed by atoms with E-state index in [2.05, 4.69) is 12.2 Å². The van der Waals surface area contributed by atoms with Crippen molar-refractivity contribution < 1.29 is 19.0 Å². The zero-order valence-electron chi connectivity index (χ0n) is 13.3. The van der Waals surface area contributed by atoms with Gasteiger partial charge in [-0.1, -0.05) is 13.0 Å². The fourth-order valence-electron chi connectivity index (χ4n) is 2.10. The lowest BCUT2D eigenvalue weighted by Gasteiger charge is -2.21. The molecule has 1 rings (SSSR count). The molecule has 0 spiro atoms. The van der Waals surface area contributed by atoms with Gasteiger partial charge in [-0.05, 0) is 26.0 Å². The topological polar surface area (TPSA) is 56.8 Å². The molecule has 118 valence electrons. The molecule has 21 heavy (non-hydrogen) atoms. The molecular weight excluding hydrogens is 270 g/mol. The molecule has 0 aliphatic carbocycles. The molecule has 1 aromatic rings. The van der Waals surface area contributed by atoms with Gasteiger partial charge in [0.2, 0.25) is 0 Å². The van der Waals surface area contributed by atoms with E-state index in [1.165, 1.54) is 0 Å². The van der Waals surface area contributed by atoms with Gasteiger partial charge in [-0.3, -0.25) is 4.79 Å². The second-order valence-corrected chi connectivity index (χ2v) is 4.62. The van der Waals surface area contributed by atoms with Crippen LogP contribution in [0.15, 0.2) is 18.2 Å². The first-order chi connectivity index (χ1) is 10.2. The average Bonchev–Trinajstić information content (AvgIpc) is 2.51. The molecule has 0 radical (unpaired) electrons. The molecule has 0 aliphatic heterocycles. The number of carbonyl (C=O) groups excluding carboxylic acids is 1. The maximum absolute atomic E-state index is 11.8. The maximum atomic E-state index is 11.8. The van der Waals surface area contributed by atoms with Crippen LogP contribution in [0.2, 0.25) is 0 Å². The summed E-state index contributed by atoms with van der Waals surface area (Å²) in [5, 5.41) is 3.37. The van der Waals surface area contributed by atoms with E-state index in [1.54, 1.807) is 21.1 Å². The molecule has 5 heteroatoms. The summed E-state index contributed by atoms with van der Waals surface area (Å²) in [4.78, 5) is 11.8. The van der Waals surface area contributed by atoms with Crippen molar-refractivity contribution in [2.75, 3.05) is 27.4 Å². The Morgan fingerprint density at radius 2 is 2.00 bits per heavy atom. The molecule has 0 fully saturated rings. The lowest BCUT2D eigenvalue weighted by molar-refractivity contribution is -0.143. The summed E-state index contributed by atoms with van der Waals surface area (Å²) >= 11 is 0. The molecule has 0 bridgehead atoms. The molecule has 0 aliphatic rings. The fourth-order valence-corrected chi connectivity index (χ4v) is 2.10. The Morgan fingerprint density at radius 1 is 1.24 bits per heavy atom. The predicted molar refractivity (Wildman–Crippen MR) is 81.8 cm³/mol. The van der Waals surface area contributed by atoms with Crippen molar-refractivity contribution in [2.45, 2.75) is 32.7 Å². The maximum Gasteiger partial charge on any atom is 0.307 e. The third-order valence-corrected chi connectivity index (χ3v) is 3.13. The molecule has 5 nitrogen and oxygen atoms in total. The minimum absolute atomic E-state index is 0.134. The number of hydrogen-bond acceptors (Lipinski definition) is 5. The number of nitrogens with one attached hydrogen (secondary N) is 1. The van der Waals surface area contributed by atoms with Gasteiger partial charge in [0, 0.05) is 17.7 Å². The highest BCUT2D eigenvalue weighted by Gasteiger charge is 2.20. The number of benzene rings is 1. The van der Waals surface area contributed by atoms with Crippen LogP contribution < -0.4 is 14.8 Å². The van der Waals surface area contributed by atoms with Crippen molar-refractivity contribution in [2.24, 2.45) is 0 Å². The van der Waals surface area contributed by atoms with Crippen molar-refractivity contribution in [3.05, 3.63) is 23.8 Å². The van der Waals surface area contributed by atoms with Crippen LogP contribution in [0.1, 0.15) is 38.3 Å². The highest BCUT2D eigenvalue weighted by molar-refractivity contribution is 5.70. The van der Waals surface area contributed by atoms with E-state index >= 15 is 0 Å². The highest BCUT2D eigenvalue weighted by atomic mass is 16.5. The van der Waals surface area contributed by atoms with Gasteiger partial charge >= 0.3 is 5.97 Å². The van der Waals surface area contributed by atoms with Gasteiger partial charge < -0.3 is 19.5 Å². The van der Waals surface area contributed by atoms with Gasteiger partial charge in [-0.15, -0.1) is 0 Å². The number of carbonyl (C=O) groups is 1. The van der Waals surface area contributed by atoms with Crippen LogP contribution in [0.4, 0.5) is 0 Å². The van der Waals surface area contributed by atoms with Crippen LogP contribution in [0, 0.1) is 0 Å². The number of rotatable bonds is 9. The summed E-state index contributed by atoms with van der Waals surface area (Å²) in [6, 6.07) is 5.47. The monoisotopic (exact) mass is 295 g/mol. The average molecular weight is 295 g/mol. The van der Waals surface area contributed by atoms with E-state index in [9.17, 15) is 4.79 Å². The molecule has 0 heterocycles. The minimum atomic E-state index is -0.219. The molecule has 0 saturated carbocycles. The summed E-state index contributed by atoms with van der Waals surface area (Å²) in [7, 11) is 3.22. The van der Waals surface area contributed by atoms with E-state index < -0.39 is 0 Å². The van der Waals surface area contributed by atoms with Gasteiger partial charge in [0.1, 0.15) is 11.5 Å². The lowest BCUT2D eigenvalue weighted by Crippen LogP contribution is -2.26. The van der Waals surface area contributed by atoms with Gasteiger partial charge in [-0.2, -0.15) is 0 Å². The first-order valence-electron chi connectivity index (χ1n) is 7.27. The normalized spacial score (nSPS) is 11.8. The summed E-state index contributed by atoms with van der Waals surface area (Å²) < 4.78 is 15.7. The van der Waals surface area contributed by atoms with Gasteiger partial charge in [0.15, 0.2) is 0 Å². The Balaban J connectivity index is 2.98. The molecule has 0 amide bonds. The fraction of sp³-hybridized carbons (Fsp3) is 0.562. The van der Waals surface area contributed by atoms with E-state index in [1.807, 2.05) is 18.2 Å². The van der Waals surface area contributed by atoms with Crippen molar-refractivity contribution >= 4 is 5.97 Å². The number of esters is 1. The van der Waals surface area contributed by atoms with Crippen LogP contribution in [-0.4, -0.2) is 33.3 Å². The SMILES string of the molecule is CCCNC(CC(=O)OCC)c1ccc(OC)cc1OC. The van der Waals surface area contributed by atoms with E-state index in [4.69, 9.17) is 14.2 Å². The molecular formula is C16H25NO4. The summed E-state index contributed by atoms with van der Waals surface area (Å²) in [5.41, 5.74) is 0.930. The molecule has 1 atom stereocenters. The van der Waals surface area contributed by atoms with Gasteiger partial charge in [0.25, 0.3) is 0 Å². The smallest absolute Gasteiger partial charge is 0.307 e. The number of hydrogen-bond donors (Lipinski definition) is 1. The Hall–Kier alpha value is -1.75. The second-order valence-electron chi connectivity index (χ2n) is 4.62. The Morgan fingerprint density at radius 3 is 2.57 bits per heavy atom. The van der Waals surface area contributed by atoms with Crippen LogP contribution >= 0.6 is 0 Å². The minimum Gasteiger partial charge on any atom is -0.497 e. The molecule has 1 aromatic carbocycles. The first kappa shape index (κ1) is 17.3. The largest absolute Gasteiger partial charge is 0.497 e. The third kappa shape index (κ3) is 5.27. The lowest BCUT2D eigenvalue weighted by atomic mass is 10.0. The molecule has 1 unspecified atom stereocenters. The van der Waals surface area contributed by atoms with Crippen molar-refractivity contribution in [1.82, 2.24) is 5.32 Å². The predicted octanol–water partition coefficient (Wildman–Crippen LogP) is 2.70. The van der Waals surface area contributed by atoms with Crippen molar-refractivity contribution in [3.8, 4) is 11.5 Å². The zero-order valence-corrected chi connectivity index (χ0v) is 13.3. The molecule has 0 aromatic heterocycles. The summed E-state index contributed by atoms with van der Waals surface area (Å²) in [5.74, 6) is 1.21. The van der Waals surface area contributed by atoms with E-state index in [0.717, 1.165) is 24.3 Å². The van der Waals surface area contributed by atoms with E-state index in [0.29, 0.717) is 12.4 Å². The van der Waals surface area contributed by atoms with Crippen LogP contribution in [0.25, 0.3) is 0 Å². The van der Waals surface area contributed by atoms with Crippen molar-refractivity contribution in [1.29, 1.82) is 0 Å². The second kappa shape index (κ2) is 9.23. The number of ether oxygens (including phenoxy) is 3. The van der Waals surface area contributed by atoms with Gasteiger partial charge in [0.05, 0.1) is 27.2 Å². The quantitative estimate of drug-likeness (QED) is 0.710. The van der Waals surface area contributed by atoms with E-state index in [-0.39, 0.29) is 18.4 Å². The van der Waals surface area contributed by atoms with Gasteiger partial charge in [-0.25, -0.2) is 0 Å². The highest BCUT2D eigenvalue weighted by Crippen LogP contribution is 2.31. The summed E-state index contributed by atoms with van der Waals surface area (Å²) in [6.45, 7) is 5.10. The Labute approximate surface area is 126 Å². The van der Waals surface area contributed by atoms with Crippen LogP contribution in [0.5, 0.6) is 11.5 Å². The standard InChI is InChI=1S/C16H25NO4/c1-5-9-17-14(11-16(18)21-6-2)13-8-7-12(19-3)10-15(13)20-4/h7-8,10,14,17H,5-6,9,11H2,1-4H3. The number of methoxy groups -OCH3 is 2. The third-order valence-electron chi connectivity index (χ3n) is 3.13.